The van der Waals surface area contributed by atoms with Gasteiger partial charge in [-0.25, -0.2) is 4.68 Å². The molecule has 0 aliphatic heterocycles. The summed E-state index contributed by atoms with van der Waals surface area (Å²) in [5.74, 6) is 1.27. The molecule has 0 unspecified atom stereocenters. The van der Waals surface area contributed by atoms with Crippen LogP contribution < -0.4 is 14.8 Å². The highest BCUT2D eigenvalue weighted by Crippen LogP contribution is 2.25. The molecule has 26 heavy (non-hydrogen) atoms. The molecule has 6 heteroatoms. The van der Waals surface area contributed by atoms with Crippen molar-refractivity contribution < 1.29 is 14.3 Å². The number of carbonyl (C=O) groups is 1. The molecule has 1 aromatic heterocycles. The van der Waals surface area contributed by atoms with Crippen LogP contribution in [0.5, 0.6) is 11.5 Å². The van der Waals surface area contributed by atoms with Gasteiger partial charge in [0.2, 0.25) is 5.91 Å². The van der Waals surface area contributed by atoms with E-state index < -0.39 is 0 Å². The fourth-order valence-electron chi connectivity index (χ4n) is 2.51. The average Bonchev–Trinajstić information content (AvgIpc) is 3.14. The third-order valence-corrected chi connectivity index (χ3v) is 3.77. The van der Waals surface area contributed by atoms with E-state index in [1.165, 1.54) is 0 Å². The molecule has 2 aromatic carbocycles. The summed E-state index contributed by atoms with van der Waals surface area (Å²) in [6.07, 6.45) is 3.85. The number of aromatic nitrogens is 2. The molecular weight excluding hydrogens is 330 g/mol. The Kier molecular flexibility index (Phi) is 5.88. The smallest absolute Gasteiger partial charge is 0.224 e. The van der Waals surface area contributed by atoms with E-state index in [1.54, 1.807) is 18.0 Å². The van der Waals surface area contributed by atoms with Crippen molar-refractivity contribution >= 4 is 5.91 Å². The third-order valence-electron chi connectivity index (χ3n) is 3.77. The molecule has 1 heterocycles. The highest BCUT2D eigenvalue weighted by atomic mass is 16.5. The summed E-state index contributed by atoms with van der Waals surface area (Å²) in [6, 6.07) is 17.2. The van der Waals surface area contributed by atoms with Crippen LogP contribution in [0.15, 0.2) is 67.0 Å². The lowest BCUT2D eigenvalue weighted by Gasteiger charge is -2.10. The molecule has 0 saturated carbocycles. The topological polar surface area (TPSA) is 65.4 Å². The summed E-state index contributed by atoms with van der Waals surface area (Å²) in [5.41, 5.74) is 1.82. The Morgan fingerprint density at radius 1 is 1.08 bits per heavy atom. The van der Waals surface area contributed by atoms with Gasteiger partial charge in [-0.15, -0.1) is 0 Å². The van der Waals surface area contributed by atoms with Crippen LogP contribution in [0, 0.1) is 0 Å². The number of hydrogen-bond acceptors (Lipinski definition) is 4. The van der Waals surface area contributed by atoms with Gasteiger partial charge in [0.05, 0.1) is 32.0 Å². The molecule has 0 fully saturated rings. The summed E-state index contributed by atoms with van der Waals surface area (Å²) < 4.78 is 12.6. The van der Waals surface area contributed by atoms with Crippen molar-refractivity contribution in [2.45, 2.75) is 6.42 Å². The molecular formula is C20H21N3O3. The van der Waals surface area contributed by atoms with Gasteiger partial charge in [0.15, 0.2) is 11.5 Å². The van der Waals surface area contributed by atoms with Gasteiger partial charge < -0.3 is 14.8 Å². The number of benzene rings is 2. The first-order valence-electron chi connectivity index (χ1n) is 8.38. The van der Waals surface area contributed by atoms with Crippen LogP contribution in [-0.2, 0) is 11.2 Å². The molecule has 1 N–H and O–H groups in total. The van der Waals surface area contributed by atoms with E-state index in [2.05, 4.69) is 10.4 Å². The van der Waals surface area contributed by atoms with Gasteiger partial charge in [0.1, 0.15) is 6.61 Å². The van der Waals surface area contributed by atoms with Crippen LogP contribution in [-0.4, -0.2) is 35.9 Å². The summed E-state index contributed by atoms with van der Waals surface area (Å²) >= 11 is 0. The maximum Gasteiger partial charge on any atom is 0.224 e. The van der Waals surface area contributed by atoms with Crippen LogP contribution in [0.25, 0.3) is 5.69 Å². The Labute approximate surface area is 152 Å². The SMILES string of the molecule is COc1ccccc1OCCNC(=O)Cc1cnn(-c2ccccc2)c1. The molecule has 134 valence electrons. The second-order valence-corrected chi connectivity index (χ2v) is 5.65. The number of ether oxygens (including phenoxy) is 2. The van der Waals surface area contributed by atoms with Crippen LogP contribution >= 0.6 is 0 Å². The maximum atomic E-state index is 12.1. The molecule has 3 aromatic rings. The van der Waals surface area contributed by atoms with Gasteiger partial charge in [-0.05, 0) is 29.8 Å². The minimum Gasteiger partial charge on any atom is -0.493 e. The number of hydrogen-bond donors (Lipinski definition) is 1. The van der Waals surface area contributed by atoms with Crippen molar-refractivity contribution in [1.82, 2.24) is 15.1 Å². The van der Waals surface area contributed by atoms with Gasteiger partial charge in [-0.3, -0.25) is 4.79 Å². The Morgan fingerprint density at radius 2 is 1.81 bits per heavy atom. The Bertz CT molecular complexity index is 846. The van der Waals surface area contributed by atoms with E-state index in [9.17, 15) is 4.79 Å². The van der Waals surface area contributed by atoms with E-state index in [4.69, 9.17) is 9.47 Å². The highest BCUT2D eigenvalue weighted by Gasteiger charge is 2.07. The minimum absolute atomic E-state index is 0.0683. The third kappa shape index (κ3) is 4.63. The zero-order chi connectivity index (χ0) is 18.2. The van der Waals surface area contributed by atoms with Crippen molar-refractivity contribution in [2.24, 2.45) is 0 Å². The summed E-state index contributed by atoms with van der Waals surface area (Å²) in [7, 11) is 1.60. The van der Waals surface area contributed by atoms with E-state index in [1.807, 2.05) is 60.8 Å². The standard InChI is InChI=1S/C20H21N3O3/c1-25-18-9-5-6-10-19(18)26-12-11-21-20(24)13-16-14-22-23(15-16)17-7-3-2-4-8-17/h2-10,14-15H,11-13H2,1H3,(H,21,24). The van der Waals surface area contributed by atoms with Crippen molar-refractivity contribution in [3.63, 3.8) is 0 Å². The second-order valence-electron chi connectivity index (χ2n) is 5.65. The quantitative estimate of drug-likeness (QED) is 0.634. The van der Waals surface area contributed by atoms with Gasteiger partial charge in [-0.2, -0.15) is 5.10 Å². The lowest BCUT2D eigenvalue weighted by Crippen LogP contribution is -2.29. The van der Waals surface area contributed by atoms with Crippen molar-refractivity contribution in [1.29, 1.82) is 0 Å². The summed E-state index contributed by atoms with van der Waals surface area (Å²) in [5, 5.41) is 7.14. The number of para-hydroxylation sites is 3. The number of nitrogens with zero attached hydrogens (tertiary/aromatic N) is 2. The summed E-state index contributed by atoms with van der Waals surface area (Å²) in [6.45, 7) is 0.791. The minimum atomic E-state index is -0.0683. The maximum absolute atomic E-state index is 12.1. The number of carbonyl (C=O) groups excluding carboxylic acids is 1. The number of nitrogens with one attached hydrogen (secondary N) is 1. The first-order valence-corrected chi connectivity index (χ1v) is 8.38. The van der Waals surface area contributed by atoms with Crippen molar-refractivity contribution in [2.75, 3.05) is 20.3 Å². The normalized spacial score (nSPS) is 10.3. The fraction of sp³-hybridized carbons (Fsp3) is 0.200. The monoisotopic (exact) mass is 351 g/mol. The van der Waals surface area contributed by atoms with Gasteiger partial charge in [0, 0.05) is 6.20 Å². The molecule has 0 aliphatic rings. The van der Waals surface area contributed by atoms with Crippen molar-refractivity contribution in [3.8, 4) is 17.2 Å². The van der Waals surface area contributed by atoms with Gasteiger partial charge in [-0.1, -0.05) is 30.3 Å². The van der Waals surface area contributed by atoms with Crippen LogP contribution in [0.3, 0.4) is 0 Å². The molecule has 0 radical (unpaired) electrons. The molecule has 1 amide bonds. The van der Waals surface area contributed by atoms with Crippen molar-refractivity contribution in [3.05, 3.63) is 72.6 Å². The van der Waals surface area contributed by atoms with Crippen LogP contribution in [0.2, 0.25) is 0 Å². The molecule has 0 spiro atoms. The molecule has 3 rings (SSSR count). The Hall–Kier alpha value is -3.28. The molecule has 0 saturated heterocycles. The predicted octanol–water partition coefficient (Wildman–Crippen LogP) is 2.62. The first-order chi connectivity index (χ1) is 12.8. The number of amides is 1. The summed E-state index contributed by atoms with van der Waals surface area (Å²) in [4.78, 5) is 12.1. The van der Waals surface area contributed by atoms with E-state index >= 15 is 0 Å². The number of methoxy groups -OCH3 is 1. The largest absolute Gasteiger partial charge is 0.493 e. The first kappa shape index (κ1) is 17.5. The van der Waals surface area contributed by atoms with Gasteiger partial charge in [0.25, 0.3) is 0 Å². The highest BCUT2D eigenvalue weighted by molar-refractivity contribution is 5.78. The van der Waals surface area contributed by atoms with Crippen LogP contribution in [0.1, 0.15) is 5.56 Å². The fourth-order valence-corrected chi connectivity index (χ4v) is 2.51. The second kappa shape index (κ2) is 8.71. The van der Waals surface area contributed by atoms with Gasteiger partial charge >= 0.3 is 0 Å². The molecule has 0 bridgehead atoms. The molecule has 0 aliphatic carbocycles. The van der Waals surface area contributed by atoms with E-state index in [0.717, 1.165) is 11.3 Å². The predicted molar refractivity (Wildman–Crippen MR) is 98.8 cm³/mol. The van der Waals surface area contributed by atoms with Crippen LogP contribution in [0.4, 0.5) is 0 Å². The zero-order valence-corrected chi connectivity index (χ0v) is 14.6. The lowest BCUT2D eigenvalue weighted by molar-refractivity contribution is -0.120. The molecule has 0 atom stereocenters. The number of rotatable bonds is 8. The zero-order valence-electron chi connectivity index (χ0n) is 14.6. The lowest BCUT2D eigenvalue weighted by atomic mass is 10.2. The average molecular weight is 351 g/mol. The molecule has 6 nitrogen and oxygen atoms in total. The Balaban J connectivity index is 1.44. The Morgan fingerprint density at radius 3 is 2.58 bits per heavy atom. The van der Waals surface area contributed by atoms with E-state index in [-0.39, 0.29) is 12.3 Å². The van der Waals surface area contributed by atoms with E-state index in [0.29, 0.717) is 24.7 Å².